The van der Waals surface area contributed by atoms with E-state index >= 15 is 0 Å². The van der Waals surface area contributed by atoms with Crippen LogP contribution in [-0.4, -0.2) is 29.0 Å². The van der Waals surface area contributed by atoms with Gasteiger partial charge in [-0.2, -0.15) is 0 Å². The van der Waals surface area contributed by atoms with Gasteiger partial charge in [-0.15, -0.1) is 0 Å². The van der Waals surface area contributed by atoms with Crippen molar-refractivity contribution >= 4 is 17.5 Å². The molecule has 6 nitrogen and oxygen atoms in total. The summed E-state index contributed by atoms with van der Waals surface area (Å²) < 4.78 is 0. The first-order chi connectivity index (χ1) is 9.49. The molecule has 0 fully saturated rings. The summed E-state index contributed by atoms with van der Waals surface area (Å²) in [5.41, 5.74) is 6.16. The van der Waals surface area contributed by atoms with Crippen LogP contribution in [0.1, 0.15) is 20.8 Å². The molecule has 1 heterocycles. The Morgan fingerprint density at radius 2 is 1.80 bits per heavy atom. The molecule has 2 amide bonds. The van der Waals surface area contributed by atoms with Crippen molar-refractivity contribution in [1.29, 1.82) is 0 Å². The van der Waals surface area contributed by atoms with E-state index in [0.29, 0.717) is 11.3 Å². The maximum atomic E-state index is 12.2. The number of phenolic OH excluding ortho intramolecular Hbond substituents is 1. The zero-order valence-corrected chi connectivity index (χ0v) is 10.8. The lowest BCUT2D eigenvalue weighted by Crippen LogP contribution is -2.26. The van der Waals surface area contributed by atoms with Crippen LogP contribution in [0.15, 0.2) is 42.6 Å². The number of nitrogens with two attached hydrogens (primary N) is 1. The van der Waals surface area contributed by atoms with Crippen molar-refractivity contribution in [2.45, 2.75) is 0 Å². The second-order valence-corrected chi connectivity index (χ2v) is 4.18. The number of pyridine rings is 1. The quantitative estimate of drug-likeness (QED) is 0.875. The molecule has 20 heavy (non-hydrogen) atoms. The SMILES string of the molecule is CN(C(=O)c1ccc(C(N)=O)nc1)c1ccc(O)cc1. The zero-order chi connectivity index (χ0) is 14.7. The van der Waals surface area contributed by atoms with E-state index in [2.05, 4.69) is 4.98 Å². The number of primary amides is 1. The third-order valence-electron chi connectivity index (χ3n) is 2.80. The van der Waals surface area contributed by atoms with Gasteiger partial charge in [0.1, 0.15) is 11.4 Å². The fourth-order valence-corrected chi connectivity index (χ4v) is 1.65. The average Bonchev–Trinajstić information content (AvgIpc) is 2.46. The van der Waals surface area contributed by atoms with Crippen molar-refractivity contribution in [2.24, 2.45) is 5.73 Å². The van der Waals surface area contributed by atoms with Crippen LogP contribution in [0, 0.1) is 0 Å². The molecular formula is C14H13N3O3. The van der Waals surface area contributed by atoms with E-state index in [-0.39, 0.29) is 17.4 Å². The molecule has 0 aliphatic carbocycles. The first kappa shape index (κ1) is 13.5. The zero-order valence-electron chi connectivity index (χ0n) is 10.8. The number of anilines is 1. The Bertz CT molecular complexity index is 636. The van der Waals surface area contributed by atoms with Gasteiger partial charge in [0.25, 0.3) is 11.8 Å². The van der Waals surface area contributed by atoms with Gasteiger partial charge < -0.3 is 15.7 Å². The molecule has 0 bridgehead atoms. The van der Waals surface area contributed by atoms with Crippen LogP contribution >= 0.6 is 0 Å². The van der Waals surface area contributed by atoms with E-state index in [1.54, 1.807) is 19.2 Å². The average molecular weight is 271 g/mol. The summed E-state index contributed by atoms with van der Waals surface area (Å²) in [5.74, 6) is -0.794. The van der Waals surface area contributed by atoms with E-state index in [9.17, 15) is 14.7 Å². The number of aromatic nitrogens is 1. The van der Waals surface area contributed by atoms with Crippen molar-refractivity contribution in [3.63, 3.8) is 0 Å². The van der Waals surface area contributed by atoms with Crippen molar-refractivity contribution < 1.29 is 14.7 Å². The molecule has 0 radical (unpaired) electrons. The highest BCUT2D eigenvalue weighted by Gasteiger charge is 2.14. The number of nitrogens with zero attached hydrogens (tertiary/aromatic N) is 2. The van der Waals surface area contributed by atoms with Crippen molar-refractivity contribution in [3.05, 3.63) is 53.9 Å². The summed E-state index contributed by atoms with van der Waals surface area (Å²) in [7, 11) is 1.61. The molecule has 1 aromatic heterocycles. The molecule has 6 heteroatoms. The van der Waals surface area contributed by atoms with Crippen LogP contribution in [0.5, 0.6) is 5.75 Å². The van der Waals surface area contributed by atoms with E-state index in [0.717, 1.165) is 0 Å². The lowest BCUT2D eigenvalue weighted by molar-refractivity contribution is 0.0981. The number of carbonyl (C=O) groups is 2. The smallest absolute Gasteiger partial charge is 0.267 e. The fourth-order valence-electron chi connectivity index (χ4n) is 1.65. The molecular weight excluding hydrogens is 258 g/mol. The van der Waals surface area contributed by atoms with Crippen LogP contribution in [0.25, 0.3) is 0 Å². The van der Waals surface area contributed by atoms with Crippen LogP contribution < -0.4 is 10.6 Å². The predicted molar refractivity (Wildman–Crippen MR) is 73.6 cm³/mol. The molecule has 102 valence electrons. The number of hydrogen-bond acceptors (Lipinski definition) is 4. The van der Waals surface area contributed by atoms with Gasteiger partial charge in [-0.1, -0.05) is 0 Å². The first-order valence-corrected chi connectivity index (χ1v) is 5.82. The number of hydrogen-bond donors (Lipinski definition) is 2. The highest BCUT2D eigenvalue weighted by atomic mass is 16.3. The van der Waals surface area contributed by atoms with Crippen molar-refractivity contribution in [1.82, 2.24) is 4.98 Å². The van der Waals surface area contributed by atoms with Crippen molar-refractivity contribution in [2.75, 3.05) is 11.9 Å². The summed E-state index contributed by atoms with van der Waals surface area (Å²) in [4.78, 5) is 28.4. The lowest BCUT2D eigenvalue weighted by atomic mass is 10.2. The van der Waals surface area contributed by atoms with Gasteiger partial charge in [0.15, 0.2) is 0 Å². The molecule has 0 aliphatic heterocycles. The first-order valence-electron chi connectivity index (χ1n) is 5.82. The van der Waals surface area contributed by atoms with Gasteiger partial charge in [0, 0.05) is 18.9 Å². The van der Waals surface area contributed by atoms with Crippen LogP contribution in [0.4, 0.5) is 5.69 Å². The molecule has 0 atom stereocenters. The van der Waals surface area contributed by atoms with Gasteiger partial charge in [0.2, 0.25) is 0 Å². The summed E-state index contributed by atoms with van der Waals surface area (Å²) in [6, 6.07) is 9.13. The number of carbonyl (C=O) groups excluding carboxylic acids is 2. The molecule has 0 saturated heterocycles. The topological polar surface area (TPSA) is 96.5 Å². The minimum absolute atomic E-state index is 0.105. The maximum Gasteiger partial charge on any atom is 0.267 e. The second-order valence-electron chi connectivity index (χ2n) is 4.18. The molecule has 0 saturated carbocycles. The minimum atomic E-state index is -0.643. The second kappa shape index (κ2) is 5.40. The molecule has 0 spiro atoms. The maximum absolute atomic E-state index is 12.2. The molecule has 1 aromatic carbocycles. The van der Waals surface area contributed by atoms with Crippen LogP contribution in [0.3, 0.4) is 0 Å². The Kier molecular flexibility index (Phi) is 3.65. The standard InChI is InChI=1S/C14H13N3O3/c1-17(10-3-5-11(18)6-4-10)14(20)9-2-7-12(13(15)19)16-8-9/h2-8,18H,1H3,(H2,15,19). The molecule has 3 N–H and O–H groups in total. The van der Waals surface area contributed by atoms with Gasteiger partial charge in [-0.05, 0) is 36.4 Å². The Morgan fingerprint density at radius 1 is 1.15 bits per heavy atom. The normalized spacial score (nSPS) is 10.1. The number of benzene rings is 1. The number of amides is 2. The largest absolute Gasteiger partial charge is 0.508 e. The van der Waals surface area contributed by atoms with Gasteiger partial charge in [-0.25, -0.2) is 0 Å². The summed E-state index contributed by atoms with van der Waals surface area (Å²) >= 11 is 0. The van der Waals surface area contributed by atoms with Crippen LogP contribution in [0.2, 0.25) is 0 Å². The van der Waals surface area contributed by atoms with Gasteiger partial charge >= 0.3 is 0 Å². The Labute approximate surface area is 115 Å². The Morgan fingerprint density at radius 3 is 2.30 bits per heavy atom. The number of phenols is 1. The fraction of sp³-hybridized carbons (Fsp3) is 0.0714. The van der Waals surface area contributed by atoms with Crippen LogP contribution in [-0.2, 0) is 0 Å². The minimum Gasteiger partial charge on any atom is -0.508 e. The van der Waals surface area contributed by atoms with E-state index < -0.39 is 5.91 Å². The molecule has 2 aromatic rings. The molecule has 0 aliphatic rings. The predicted octanol–water partition coefficient (Wildman–Crippen LogP) is 1.16. The third kappa shape index (κ3) is 2.74. The highest BCUT2D eigenvalue weighted by molar-refractivity contribution is 6.05. The number of rotatable bonds is 3. The summed E-state index contributed by atoms with van der Waals surface area (Å²) in [6.45, 7) is 0. The van der Waals surface area contributed by atoms with E-state index in [1.807, 2.05) is 0 Å². The monoisotopic (exact) mass is 271 g/mol. The van der Waals surface area contributed by atoms with Crippen molar-refractivity contribution in [3.8, 4) is 5.75 Å². The third-order valence-corrected chi connectivity index (χ3v) is 2.80. The summed E-state index contributed by atoms with van der Waals surface area (Å²) in [6.07, 6.45) is 1.30. The van der Waals surface area contributed by atoms with E-state index in [1.165, 1.54) is 35.4 Å². The van der Waals surface area contributed by atoms with E-state index in [4.69, 9.17) is 5.73 Å². The van der Waals surface area contributed by atoms with Gasteiger partial charge in [0.05, 0.1) is 5.56 Å². The molecule has 0 unspecified atom stereocenters. The summed E-state index contributed by atoms with van der Waals surface area (Å²) in [5, 5.41) is 9.22. The Balaban J connectivity index is 2.22. The Hall–Kier alpha value is -2.89. The molecule has 2 rings (SSSR count). The highest BCUT2D eigenvalue weighted by Crippen LogP contribution is 2.18. The van der Waals surface area contributed by atoms with Gasteiger partial charge in [-0.3, -0.25) is 14.6 Å². The number of aromatic hydroxyl groups is 1. The lowest BCUT2D eigenvalue weighted by Gasteiger charge is -2.17.